The molecule has 0 bridgehead atoms. The summed E-state index contributed by atoms with van der Waals surface area (Å²) < 4.78 is 0. The summed E-state index contributed by atoms with van der Waals surface area (Å²) >= 11 is 0. The van der Waals surface area contributed by atoms with Gasteiger partial charge in [0.2, 0.25) is 0 Å². The van der Waals surface area contributed by atoms with Gasteiger partial charge in [-0.15, -0.1) is 0 Å². The topological polar surface area (TPSA) is 58.4 Å². The Morgan fingerprint density at radius 2 is 2.20 bits per heavy atom. The van der Waals surface area contributed by atoms with E-state index >= 15 is 0 Å². The quantitative estimate of drug-likeness (QED) is 0.663. The normalized spacial score (nSPS) is 21.9. The molecule has 2 aliphatic rings. The maximum Gasteiger partial charge on any atom is 0.272 e. The second-order valence-electron chi connectivity index (χ2n) is 5.90. The maximum absolute atomic E-state index is 10.9. The summed E-state index contributed by atoms with van der Waals surface area (Å²) in [5.41, 5.74) is 2.09. The van der Waals surface area contributed by atoms with E-state index in [2.05, 4.69) is 10.2 Å². The van der Waals surface area contributed by atoms with Gasteiger partial charge in [-0.3, -0.25) is 10.1 Å². The first kappa shape index (κ1) is 13.4. The highest BCUT2D eigenvalue weighted by atomic mass is 16.6. The Hall–Kier alpha value is -1.62. The van der Waals surface area contributed by atoms with Crippen LogP contribution in [0.5, 0.6) is 0 Å². The Kier molecular flexibility index (Phi) is 3.61. The summed E-state index contributed by atoms with van der Waals surface area (Å²) in [4.78, 5) is 13.0. The van der Waals surface area contributed by atoms with E-state index in [9.17, 15) is 10.1 Å². The SMILES string of the molecule is Cc1cc(N(CC2CCCN2)C2CC2)ccc1[N+](=O)[O-]. The van der Waals surface area contributed by atoms with Crippen molar-refractivity contribution in [1.29, 1.82) is 0 Å². The van der Waals surface area contributed by atoms with Crippen molar-refractivity contribution >= 4 is 11.4 Å². The van der Waals surface area contributed by atoms with Crippen molar-refractivity contribution in [3.05, 3.63) is 33.9 Å². The summed E-state index contributed by atoms with van der Waals surface area (Å²) in [6.07, 6.45) is 4.96. The predicted octanol–water partition coefficient (Wildman–Crippen LogP) is 2.62. The zero-order chi connectivity index (χ0) is 14.1. The first-order valence-corrected chi connectivity index (χ1v) is 7.40. The summed E-state index contributed by atoms with van der Waals surface area (Å²) in [5, 5.41) is 14.4. The lowest BCUT2D eigenvalue weighted by atomic mass is 10.1. The lowest BCUT2D eigenvalue weighted by Gasteiger charge is -2.28. The van der Waals surface area contributed by atoms with Crippen LogP contribution in [-0.2, 0) is 0 Å². The molecule has 0 aromatic heterocycles. The van der Waals surface area contributed by atoms with Gasteiger partial charge in [0, 0.05) is 35.9 Å². The number of aryl methyl sites for hydroxylation is 1. The van der Waals surface area contributed by atoms with Gasteiger partial charge in [-0.05, 0) is 51.3 Å². The van der Waals surface area contributed by atoms with Crippen LogP contribution < -0.4 is 10.2 Å². The van der Waals surface area contributed by atoms with Crippen LogP contribution >= 0.6 is 0 Å². The van der Waals surface area contributed by atoms with Crippen LogP contribution in [-0.4, -0.2) is 30.1 Å². The van der Waals surface area contributed by atoms with Crippen molar-refractivity contribution in [3.8, 4) is 0 Å². The van der Waals surface area contributed by atoms with Crippen LogP contribution in [0.1, 0.15) is 31.2 Å². The molecule has 1 aromatic rings. The second kappa shape index (κ2) is 5.40. The first-order chi connectivity index (χ1) is 9.65. The molecule has 0 amide bonds. The molecule has 1 saturated heterocycles. The standard InChI is InChI=1S/C15H21N3O2/c1-11-9-14(6-7-15(11)18(19)20)17(13-4-5-13)10-12-3-2-8-16-12/h6-7,9,12-13,16H,2-5,8,10H2,1H3. The van der Waals surface area contributed by atoms with Crippen molar-refractivity contribution < 1.29 is 4.92 Å². The van der Waals surface area contributed by atoms with Crippen LogP contribution in [0.2, 0.25) is 0 Å². The van der Waals surface area contributed by atoms with Crippen LogP contribution in [0.15, 0.2) is 18.2 Å². The molecule has 1 N–H and O–H groups in total. The number of anilines is 1. The lowest BCUT2D eigenvalue weighted by Crippen LogP contribution is -2.39. The Bertz CT molecular complexity index is 508. The summed E-state index contributed by atoms with van der Waals surface area (Å²) in [5.74, 6) is 0. The number of nitro benzene ring substituents is 1. The minimum Gasteiger partial charge on any atom is -0.367 e. The van der Waals surface area contributed by atoms with Crippen molar-refractivity contribution in [3.63, 3.8) is 0 Å². The molecule has 1 aliphatic carbocycles. The van der Waals surface area contributed by atoms with E-state index in [1.54, 1.807) is 6.07 Å². The zero-order valence-corrected chi connectivity index (χ0v) is 11.8. The highest BCUT2D eigenvalue weighted by molar-refractivity contribution is 5.56. The van der Waals surface area contributed by atoms with Gasteiger partial charge in [0.15, 0.2) is 0 Å². The Morgan fingerprint density at radius 1 is 1.40 bits per heavy atom. The summed E-state index contributed by atoms with van der Waals surface area (Å²) in [6.45, 7) is 3.95. The monoisotopic (exact) mass is 275 g/mol. The van der Waals surface area contributed by atoms with Gasteiger partial charge in [0.1, 0.15) is 0 Å². The third kappa shape index (κ3) is 2.77. The van der Waals surface area contributed by atoms with Crippen molar-refractivity contribution in [1.82, 2.24) is 5.32 Å². The number of nitro groups is 1. The van der Waals surface area contributed by atoms with E-state index in [1.807, 2.05) is 19.1 Å². The molecule has 1 unspecified atom stereocenters. The van der Waals surface area contributed by atoms with E-state index < -0.39 is 0 Å². The third-order valence-corrected chi connectivity index (χ3v) is 4.28. The number of hydrogen-bond acceptors (Lipinski definition) is 4. The highest BCUT2D eigenvalue weighted by Crippen LogP contribution is 2.34. The number of nitrogens with one attached hydrogen (secondary N) is 1. The average Bonchev–Trinajstić information content (AvgIpc) is 3.12. The molecular formula is C15H21N3O2. The lowest BCUT2D eigenvalue weighted by molar-refractivity contribution is -0.385. The highest BCUT2D eigenvalue weighted by Gasteiger charge is 2.32. The number of hydrogen-bond donors (Lipinski definition) is 1. The molecule has 5 heteroatoms. The van der Waals surface area contributed by atoms with Crippen LogP contribution in [0.25, 0.3) is 0 Å². The molecule has 0 spiro atoms. The summed E-state index contributed by atoms with van der Waals surface area (Å²) in [7, 11) is 0. The molecule has 5 nitrogen and oxygen atoms in total. The Balaban J connectivity index is 1.80. The molecule has 3 rings (SSSR count). The van der Waals surface area contributed by atoms with Crippen LogP contribution in [0, 0.1) is 17.0 Å². The molecule has 108 valence electrons. The van der Waals surface area contributed by atoms with Gasteiger partial charge in [-0.1, -0.05) is 0 Å². The van der Waals surface area contributed by atoms with E-state index in [4.69, 9.17) is 0 Å². The molecule has 1 saturated carbocycles. The average molecular weight is 275 g/mol. The van der Waals surface area contributed by atoms with Crippen LogP contribution in [0.4, 0.5) is 11.4 Å². The largest absolute Gasteiger partial charge is 0.367 e. The molecule has 1 atom stereocenters. The predicted molar refractivity (Wildman–Crippen MR) is 79.2 cm³/mol. The number of rotatable bonds is 5. The third-order valence-electron chi connectivity index (χ3n) is 4.28. The Morgan fingerprint density at radius 3 is 2.75 bits per heavy atom. The molecule has 1 heterocycles. The fourth-order valence-electron chi connectivity index (χ4n) is 3.02. The van der Waals surface area contributed by atoms with Gasteiger partial charge in [0.25, 0.3) is 5.69 Å². The first-order valence-electron chi connectivity index (χ1n) is 7.40. The smallest absolute Gasteiger partial charge is 0.272 e. The Labute approximate surface area is 119 Å². The maximum atomic E-state index is 10.9. The minimum absolute atomic E-state index is 0.212. The van der Waals surface area contributed by atoms with Gasteiger partial charge in [-0.25, -0.2) is 0 Å². The molecule has 1 aromatic carbocycles. The van der Waals surface area contributed by atoms with E-state index in [1.165, 1.54) is 25.7 Å². The fraction of sp³-hybridized carbons (Fsp3) is 0.600. The zero-order valence-electron chi connectivity index (χ0n) is 11.8. The van der Waals surface area contributed by atoms with Gasteiger partial charge < -0.3 is 10.2 Å². The van der Waals surface area contributed by atoms with Gasteiger partial charge in [-0.2, -0.15) is 0 Å². The van der Waals surface area contributed by atoms with Crippen molar-refractivity contribution in [2.45, 2.75) is 44.7 Å². The molecular weight excluding hydrogens is 254 g/mol. The molecule has 2 fully saturated rings. The van der Waals surface area contributed by atoms with Gasteiger partial charge >= 0.3 is 0 Å². The second-order valence-corrected chi connectivity index (χ2v) is 5.90. The number of nitrogens with zero attached hydrogens (tertiary/aromatic N) is 2. The molecule has 20 heavy (non-hydrogen) atoms. The fourth-order valence-corrected chi connectivity index (χ4v) is 3.02. The van der Waals surface area contributed by atoms with Crippen molar-refractivity contribution in [2.75, 3.05) is 18.0 Å². The van der Waals surface area contributed by atoms with Crippen molar-refractivity contribution in [2.24, 2.45) is 0 Å². The van der Waals surface area contributed by atoms with E-state index in [0.717, 1.165) is 24.3 Å². The summed E-state index contributed by atoms with van der Waals surface area (Å²) in [6, 6.07) is 6.69. The molecule has 0 radical (unpaired) electrons. The van der Waals surface area contributed by atoms with E-state index in [0.29, 0.717) is 12.1 Å². The van der Waals surface area contributed by atoms with E-state index in [-0.39, 0.29) is 10.6 Å². The molecule has 1 aliphatic heterocycles. The number of benzene rings is 1. The van der Waals surface area contributed by atoms with Gasteiger partial charge in [0.05, 0.1) is 4.92 Å². The van der Waals surface area contributed by atoms with Crippen LogP contribution in [0.3, 0.4) is 0 Å². The minimum atomic E-state index is -0.306.